The molecular formula is C14H22N2O2. The monoisotopic (exact) mass is 250 g/mol. The summed E-state index contributed by atoms with van der Waals surface area (Å²) in [6.45, 7) is 9.03. The number of benzene rings is 1. The van der Waals surface area contributed by atoms with Gasteiger partial charge in [0, 0.05) is 6.54 Å². The summed E-state index contributed by atoms with van der Waals surface area (Å²) in [5, 5.41) is 12.5. The second-order valence-electron chi connectivity index (χ2n) is 5.72. The molecule has 0 aliphatic carbocycles. The second-order valence-corrected chi connectivity index (χ2v) is 5.72. The first-order valence-corrected chi connectivity index (χ1v) is 6.09. The van der Waals surface area contributed by atoms with Gasteiger partial charge >= 0.3 is 0 Å². The van der Waals surface area contributed by atoms with Gasteiger partial charge < -0.3 is 16.2 Å². The van der Waals surface area contributed by atoms with Crippen molar-refractivity contribution in [3.05, 3.63) is 23.8 Å². The van der Waals surface area contributed by atoms with E-state index < -0.39 is 0 Å². The van der Waals surface area contributed by atoms with Crippen LogP contribution in [0.15, 0.2) is 18.2 Å². The minimum Gasteiger partial charge on any atom is -0.505 e. The molecule has 18 heavy (non-hydrogen) atoms. The SMILES string of the molecule is CC(CNC(=O)c1cccc(N)c1O)C(C)(C)C. The van der Waals surface area contributed by atoms with Crippen LogP contribution in [0.3, 0.4) is 0 Å². The zero-order valence-corrected chi connectivity index (χ0v) is 11.4. The molecule has 0 saturated carbocycles. The van der Waals surface area contributed by atoms with Crippen LogP contribution in [0.25, 0.3) is 0 Å². The van der Waals surface area contributed by atoms with Crippen LogP contribution >= 0.6 is 0 Å². The third-order valence-corrected chi connectivity index (χ3v) is 3.36. The van der Waals surface area contributed by atoms with E-state index in [1.165, 1.54) is 0 Å². The van der Waals surface area contributed by atoms with E-state index in [4.69, 9.17) is 5.73 Å². The average Bonchev–Trinajstić information content (AvgIpc) is 2.27. The molecule has 1 atom stereocenters. The summed E-state index contributed by atoms with van der Waals surface area (Å²) in [7, 11) is 0. The van der Waals surface area contributed by atoms with Gasteiger partial charge in [0.2, 0.25) is 0 Å². The highest BCUT2D eigenvalue weighted by atomic mass is 16.3. The first kappa shape index (κ1) is 14.4. The number of nitrogens with one attached hydrogen (secondary N) is 1. The Morgan fingerprint density at radius 2 is 2.06 bits per heavy atom. The summed E-state index contributed by atoms with van der Waals surface area (Å²) < 4.78 is 0. The van der Waals surface area contributed by atoms with Gasteiger partial charge in [0.15, 0.2) is 5.75 Å². The molecule has 4 N–H and O–H groups in total. The zero-order valence-electron chi connectivity index (χ0n) is 11.4. The van der Waals surface area contributed by atoms with Gasteiger partial charge in [-0.1, -0.05) is 33.8 Å². The fourth-order valence-corrected chi connectivity index (χ4v) is 1.39. The van der Waals surface area contributed by atoms with Gasteiger partial charge in [-0.15, -0.1) is 0 Å². The first-order chi connectivity index (χ1) is 8.23. The molecule has 0 aromatic heterocycles. The number of phenols is 1. The van der Waals surface area contributed by atoms with E-state index in [1.54, 1.807) is 18.2 Å². The number of phenolic OH excluding ortho intramolecular Hbond substituents is 1. The molecule has 1 aromatic rings. The summed E-state index contributed by atoms with van der Waals surface area (Å²) in [4.78, 5) is 11.9. The summed E-state index contributed by atoms with van der Waals surface area (Å²) in [5.41, 5.74) is 6.12. The van der Waals surface area contributed by atoms with Crippen molar-refractivity contribution in [1.29, 1.82) is 0 Å². The Morgan fingerprint density at radius 1 is 1.44 bits per heavy atom. The molecule has 0 aliphatic rings. The van der Waals surface area contributed by atoms with Gasteiger partial charge in [-0.3, -0.25) is 4.79 Å². The second kappa shape index (κ2) is 5.29. The number of nitrogens with two attached hydrogens (primary N) is 1. The maximum Gasteiger partial charge on any atom is 0.255 e. The van der Waals surface area contributed by atoms with Gasteiger partial charge in [0.05, 0.1) is 11.3 Å². The molecule has 0 radical (unpaired) electrons. The molecule has 1 amide bonds. The number of carbonyl (C=O) groups is 1. The van der Waals surface area contributed by atoms with Gasteiger partial charge in [-0.05, 0) is 23.5 Å². The molecule has 0 fully saturated rings. The lowest BCUT2D eigenvalue weighted by Crippen LogP contribution is -2.33. The maximum atomic E-state index is 11.9. The number of amides is 1. The van der Waals surface area contributed by atoms with Gasteiger partial charge in [-0.2, -0.15) is 0 Å². The Hall–Kier alpha value is -1.71. The van der Waals surface area contributed by atoms with Crippen LogP contribution in [-0.2, 0) is 0 Å². The van der Waals surface area contributed by atoms with Crippen LogP contribution in [0.2, 0.25) is 0 Å². The van der Waals surface area contributed by atoms with Crippen molar-refractivity contribution in [3.8, 4) is 5.75 Å². The molecule has 4 heteroatoms. The normalized spacial score (nSPS) is 13.1. The lowest BCUT2D eigenvalue weighted by Gasteiger charge is -2.27. The molecule has 1 aromatic carbocycles. The topological polar surface area (TPSA) is 75.4 Å². The molecule has 0 spiro atoms. The summed E-state index contributed by atoms with van der Waals surface area (Å²) in [5.74, 6) is -0.112. The van der Waals surface area contributed by atoms with E-state index in [9.17, 15) is 9.90 Å². The van der Waals surface area contributed by atoms with E-state index in [2.05, 4.69) is 33.0 Å². The number of para-hydroxylation sites is 1. The molecule has 1 rings (SSSR count). The van der Waals surface area contributed by atoms with Crippen LogP contribution in [-0.4, -0.2) is 17.6 Å². The predicted molar refractivity (Wildman–Crippen MR) is 73.5 cm³/mol. The number of rotatable bonds is 3. The molecule has 1 unspecified atom stereocenters. The minimum absolute atomic E-state index is 0.130. The van der Waals surface area contributed by atoms with Crippen molar-refractivity contribution < 1.29 is 9.90 Å². The number of carbonyl (C=O) groups excluding carboxylic acids is 1. The van der Waals surface area contributed by atoms with Crippen molar-refractivity contribution in [1.82, 2.24) is 5.32 Å². The summed E-state index contributed by atoms with van der Waals surface area (Å²) >= 11 is 0. The molecule has 0 saturated heterocycles. The van der Waals surface area contributed by atoms with Gasteiger partial charge in [0.1, 0.15) is 0 Å². The number of hydrogen-bond acceptors (Lipinski definition) is 3. The Labute approximate surface area is 108 Å². The predicted octanol–water partition coefficient (Wildman–Crippen LogP) is 2.39. The zero-order chi connectivity index (χ0) is 13.9. The third-order valence-electron chi connectivity index (χ3n) is 3.36. The van der Waals surface area contributed by atoms with E-state index >= 15 is 0 Å². The Bertz CT molecular complexity index is 436. The fraction of sp³-hybridized carbons (Fsp3) is 0.500. The molecule has 100 valence electrons. The van der Waals surface area contributed by atoms with Crippen molar-refractivity contribution in [2.75, 3.05) is 12.3 Å². The van der Waals surface area contributed by atoms with Crippen molar-refractivity contribution in [2.45, 2.75) is 27.7 Å². The molecule has 0 aliphatic heterocycles. The van der Waals surface area contributed by atoms with E-state index in [-0.39, 0.29) is 28.3 Å². The maximum absolute atomic E-state index is 11.9. The average molecular weight is 250 g/mol. The van der Waals surface area contributed by atoms with Crippen molar-refractivity contribution in [3.63, 3.8) is 0 Å². The summed E-state index contributed by atoms with van der Waals surface area (Å²) in [6.07, 6.45) is 0. The van der Waals surface area contributed by atoms with Crippen molar-refractivity contribution in [2.24, 2.45) is 11.3 Å². The highest BCUT2D eigenvalue weighted by molar-refractivity contribution is 5.98. The van der Waals surface area contributed by atoms with E-state index in [1.807, 2.05) is 0 Å². The highest BCUT2D eigenvalue weighted by Crippen LogP contribution is 2.26. The number of aromatic hydroxyl groups is 1. The lowest BCUT2D eigenvalue weighted by atomic mass is 9.82. The van der Waals surface area contributed by atoms with E-state index in [0.717, 1.165) is 0 Å². The third kappa shape index (κ3) is 3.39. The van der Waals surface area contributed by atoms with Gasteiger partial charge in [-0.25, -0.2) is 0 Å². The Morgan fingerprint density at radius 3 is 2.61 bits per heavy atom. The van der Waals surface area contributed by atoms with E-state index in [0.29, 0.717) is 12.5 Å². The lowest BCUT2D eigenvalue weighted by molar-refractivity contribution is 0.0934. The largest absolute Gasteiger partial charge is 0.505 e. The van der Waals surface area contributed by atoms with Crippen LogP contribution in [0.5, 0.6) is 5.75 Å². The van der Waals surface area contributed by atoms with Gasteiger partial charge in [0.25, 0.3) is 5.91 Å². The number of nitrogen functional groups attached to an aromatic ring is 1. The Balaban J connectivity index is 2.70. The quantitative estimate of drug-likeness (QED) is 0.569. The number of anilines is 1. The summed E-state index contributed by atoms with van der Waals surface area (Å²) in [6, 6.07) is 4.77. The first-order valence-electron chi connectivity index (χ1n) is 6.09. The molecule has 0 bridgehead atoms. The van der Waals surface area contributed by atoms with Crippen molar-refractivity contribution >= 4 is 11.6 Å². The fourth-order valence-electron chi connectivity index (χ4n) is 1.39. The molecule has 0 heterocycles. The number of hydrogen-bond donors (Lipinski definition) is 3. The minimum atomic E-state index is -0.295. The van der Waals surface area contributed by atoms with Crippen LogP contribution in [0.4, 0.5) is 5.69 Å². The van der Waals surface area contributed by atoms with Crippen LogP contribution in [0.1, 0.15) is 38.1 Å². The smallest absolute Gasteiger partial charge is 0.255 e. The van der Waals surface area contributed by atoms with Crippen LogP contribution in [0, 0.1) is 11.3 Å². The Kier molecular flexibility index (Phi) is 4.22. The highest BCUT2D eigenvalue weighted by Gasteiger charge is 2.21. The standard InChI is InChI=1S/C14H22N2O2/c1-9(14(2,3)4)8-16-13(18)10-6-5-7-11(15)12(10)17/h5-7,9,17H,8,15H2,1-4H3,(H,16,18). The van der Waals surface area contributed by atoms with Crippen LogP contribution < -0.4 is 11.1 Å². The molecular weight excluding hydrogens is 228 g/mol. The molecule has 4 nitrogen and oxygen atoms in total.